The first-order chi connectivity index (χ1) is 12.2. The Bertz CT molecular complexity index is 831. The van der Waals surface area contributed by atoms with E-state index in [0.717, 1.165) is 35.3 Å². The van der Waals surface area contributed by atoms with Crippen LogP contribution in [0.1, 0.15) is 37.3 Å². The highest BCUT2D eigenvalue weighted by Gasteiger charge is 2.18. The summed E-state index contributed by atoms with van der Waals surface area (Å²) in [5.41, 5.74) is 5.05. The highest BCUT2D eigenvalue weighted by atomic mass is 32.1. The fraction of sp³-hybridized carbons (Fsp3) is 0.350. The Hall–Kier alpha value is -2.27. The molecule has 0 bridgehead atoms. The summed E-state index contributed by atoms with van der Waals surface area (Å²) in [7, 11) is 0. The van der Waals surface area contributed by atoms with Crippen LogP contribution in [0.5, 0.6) is 0 Å². The van der Waals surface area contributed by atoms with Crippen molar-refractivity contribution in [3.63, 3.8) is 0 Å². The van der Waals surface area contributed by atoms with Gasteiger partial charge in [-0.25, -0.2) is 4.98 Å². The number of hydrogen-bond donors (Lipinski definition) is 0. The largest absolute Gasteiger partial charge is 0.342 e. The van der Waals surface area contributed by atoms with Gasteiger partial charge in [0.15, 0.2) is 0 Å². The first-order valence-corrected chi connectivity index (χ1v) is 9.55. The van der Waals surface area contributed by atoms with Crippen molar-refractivity contribution in [1.82, 2.24) is 14.9 Å². The third-order valence-corrected chi connectivity index (χ3v) is 5.29. The van der Waals surface area contributed by atoms with Crippen LogP contribution in [-0.4, -0.2) is 33.9 Å². The zero-order chi connectivity index (χ0) is 17.6. The Labute approximate surface area is 152 Å². The van der Waals surface area contributed by atoms with Gasteiger partial charge >= 0.3 is 0 Å². The van der Waals surface area contributed by atoms with Crippen LogP contribution >= 0.6 is 11.3 Å². The molecule has 5 heteroatoms. The molecule has 0 aliphatic heterocycles. The van der Waals surface area contributed by atoms with E-state index >= 15 is 0 Å². The second-order valence-electron chi connectivity index (χ2n) is 6.32. The number of amides is 1. The van der Waals surface area contributed by atoms with E-state index in [9.17, 15) is 4.79 Å². The number of thiazole rings is 1. The van der Waals surface area contributed by atoms with E-state index < -0.39 is 0 Å². The molecule has 0 unspecified atom stereocenters. The number of hydrogen-bond acceptors (Lipinski definition) is 4. The number of carbonyl (C=O) groups is 1. The van der Waals surface area contributed by atoms with Crippen LogP contribution in [0.15, 0.2) is 48.2 Å². The van der Waals surface area contributed by atoms with Crippen molar-refractivity contribution in [3.8, 4) is 0 Å². The lowest BCUT2D eigenvalue weighted by Gasteiger charge is -2.26. The lowest BCUT2D eigenvalue weighted by molar-refractivity contribution is -0.130. The summed E-state index contributed by atoms with van der Waals surface area (Å²) in [5, 5.41) is 0. The fourth-order valence-electron chi connectivity index (χ4n) is 3.05. The van der Waals surface area contributed by atoms with Crippen molar-refractivity contribution >= 4 is 27.5 Å². The first-order valence-electron chi connectivity index (χ1n) is 8.67. The van der Waals surface area contributed by atoms with E-state index in [1.54, 1.807) is 17.5 Å². The van der Waals surface area contributed by atoms with Crippen molar-refractivity contribution in [3.05, 3.63) is 59.4 Å². The fourth-order valence-corrected chi connectivity index (χ4v) is 3.85. The number of nitrogens with zero attached hydrogens (tertiary/aromatic N) is 3. The van der Waals surface area contributed by atoms with Gasteiger partial charge < -0.3 is 4.90 Å². The van der Waals surface area contributed by atoms with Crippen LogP contribution in [0.25, 0.3) is 10.2 Å². The number of rotatable bonds is 7. The summed E-state index contributed by atoms with van der Waals surface area (Å²) in [4.78, 5) is 23.4. The summed E-state index contributed by atoms with van der Waals surface area (Å²) in [6.45, 7) is 5.76. The molecule has 130 valence electrons. The number of fused-ring (bicyclic) bond motifs is 1. The quantitative estimate of drug-likeness (QED) is 0.637. The summed E-state index contributed by atoms with van der Waals surface area (Å²) >= 11 is 1.60. The number of benzene rings is 1. The molecule has 25 heavy (non-hydrogen) atoms. The molecule has 2 heterocycles. The first kappa shape index (κ1) is 17.5. The monoisotopic (exact) mass is 353 g/mol. The van der Waals surface area contributed by atoms with Crippen LogP contribution < -0.4 is 0 Å². The molecule has 1 amide bonds. The van der Waals surface area contributed by atoms with E-state index in [2.05, 4.69) is 29.9 Å². The van der Waals surface area contributed by atoms with Crippen LogP contribution in [-0.2, 0) is 11.2 Å². The van der Waals surface area contributed by atoms with E-state index in [1.165, 1.54) is 5.56 Å². The second kappa shape index (κ2) is 8.21. The highest BCUT2D eigenvalue weighted by Crippen LogP contribution is 2.23. The lowest BCUT2D eigenvalue weighted by Crippen LogP contribution is -2.36. The third kappa shape index (κ3) is 4.23. The van der Waals surface area contributed by atoms with Crippen LogP contribution in [0.2, 0.25) is 0 Å². The standard InChI is InChI=1S/C20H23N3OS/c1-3-10-23(13-15(2)17-7-5-9-21-12-17)19(24)11-16-6-4-8-18-20(16)25-14-22-18/h4-9,12,14-15H,3,10-11,13H2,1-2H3/t15-/m1/s1. The predicted molar refractivity (Wildman–Crippen MR) is 103 cm³/mol. The van der Waals surface area contributed by atoms with Crippen molar-refractivity contribution in [1.29, 1.82) is 0 Å². The maximum Gasteiger partial charge on any atom is 0.227 e. The molecule has 0 aliphatic rings. The zero-order valence-corrected chi connectivity index (χ0v) is 15.5. The molecular weight excluding hydrogens is 330 g/mol. The van der Waals surface area contributed by atoms with E-state index in [-0.39, 0.29) is 11.8 Å². The van der Waals surface area contributed by atoms with Gasteiger partial charge in [-0.15, -0.1) is 11.3 Å². The molecule has 0 radical (unpaired) electrons. The normalized spacial score (nSPS) is 12.2. The minimum Gasteiger partial charge on any atom is -0.342 e. The maximum atomic E-state index is 12.9. The molecule has 2 aromatic heterocycles. The van der Waals surface area contributed by atoms with Gasteiger partial charge in [-0.3, -0.25) is 9.78 Å². The van der Waals surface area contributed by atoms with Crippen molar-refractivity contribution in [2.75, 3.05) is 13.1 Å². The molecule has 0 aliphatic carbocycles. The van der Waals surface area contributed by atoms with Crippen LogP contribution in [0, 0.1) is 0 Å². The summed E-state index contributed by atoms with van der Waals surface area (Å²) < 4.78 is 1.12. The third-order valence-electron chi connectivity index (χ3n) is 4.37. The number of carbonyl (C=O) groups excluding carboxylic acids is 1. The SMILES string of the molecule is CCCN(C[C@@H](C)c1cccnc1)C(=O)Cc1cccc2ncsc12. The molecule has 0 saturated heterocycles. The lowest BCUT2D eigenvalue weighted by atomic mass is 10.0. The van der Waals surface area contributed by atoms with E-state index in [0.29, 0.717) is 6.42 Å². The molecule has 1 aromatic carbocycles. The Morgan fingerprint density at radius 1 is 1.28 bits per heavy atom. The van der Waals surface area contributed by atoms with Crippen molar-refractivity contribution < 1.29 is 4.79 Å². The zero-order valence-electron chi connectivity index (χ0n) is 14.7. The molecule has 3 rings (SSSR count). The summed E-state index contributed by atoms with van der Waals surface area (Å²) in [6, 6.07) is 10.0. The molecule has 3 aromatic rings. The Balaban J connectivity index is 1.73. The molecular formula is C20H23N3OS. The number of pyridine rings is 1. The van der Waals surface area contributed by atoms with Crippen molar-refractivity contribution in [2.24, 2.45) is 0 Å². The van der Waals surface area contributed by atoms with Gasteiger partial charge in [-0.05, 0) is 29.7 Å². The summed E-state index contributed by atoms with van der Waals surface area (Å²) in [6.07, 6.45) is 5.05. The molecule has 0 spiro atoms. The van der Waals surface area contributed by atoms with Gasteiger partial charge in [-0.2, -0.15) is 0 Å². The minimum absolute atomic E-state index is 0.179. The van der Waals surface area contributed by atoms with Gasteiger partial charge in [0.05, 0.1) is 22.1 Å². The Morgan fingerprint density at radius 3 is 2.92 bits per heavy atom. The molecule has 1 atom stereocenters. The van der Waals surface area contributed by atoms with Crippen LogP contribution in [0.3, 0.4) is 0 Å². The molecule has 0 fully saturated rings. The van der Waals surface area contributed by atoms with Gasteiger partial charge in [0, 0.05) is 31.4 Å². The van der Waals surface area contributed by atoms with Gasteiger partial charge in [-0.1, -0.05) is 32.0 Å². The molecule has 4 nitrogen and oxygen atoms in total. The highest BCUT2D eigenvalue weighted by molar-refractivity contribution is 7.17. The summed E-state index contributed by atoms with van der Waals surface area (Å²) in [5.74, 6) is 0.446. The van der Waals surface area contributed by atoms with E-state index in [4.69, 9.17) is 0 Å². The minimum atomic E-state index is 0.179. The van der Waals surface area contributed by atoms with E-state index in [1.807, 2.05) is 40.9 Å². The Kier molecular flexibility index (Phi) is 5.76. The van der Waals surface area contributed by atoms with Gasteiger partial charge in [0.1, 0.15) is 0 Å². The van der Waals surface area contributed by atoms with Gasteiger partial charge in [0.2, 0.25) is 5.91 Å². The average molecular weight is 353 g/mol. The van der Waals surface area contributed by atoms with Crippen LogP contribution in [0.4, 0.5) is 0 Å². The molecule has 0 saturated carbocycles. The predicted octanol–water partition coefficient (Wildman–Crippen LogP) is 4.28. The average Bonchev–Trinajstić information content (AvgIpc) is 3.12. The topological polar surface area (TPSA) is 46.1 Å². The Morgan fingerprint density at radius 2 is 2.16 bits per heavy atom. The maximum absolute atomic E-state index is 12.9. The number of aromatic nitrogens is 2. The molecule has 0 N–H and O–H groups in total. The van der Waals surface area contributed by atoms with Gasteiger partial charge in [0.25, 0.3) is 0 Å². The van der Waals surface area contributed by atoms with Crippen molar-refractivity contribution in [2.45, 2.75) is 32.6 Å². The smallest absolute Gasteiger partial charge is 0.227 e. The second-order valence-corrected chi connectivity index (χ2v) is 7.18.